The van der Waals surface area contributed by atoms with E-state index in [2.05, 4.69) is 22.0 Å². The van der Waals surface area contributed by atoms with Crippen molar-refractivity contribution in [3.05, 3.63) is 59.8 Å². The molecule has 2 atom stereocenters. The Labute approximate surface area is 177 Å². The third-order valence-electron chi connectivity index (χ3n) is 6.32. The van der Waals surface area contributed by atoms with Crippen molar-refractivity contribution in [3.63, 3.8) is 0 Å². The van der Waals surface area contributed by atoms with E-state index in [0.717, 1.165) is 17.3 Å². The van der Waals surface area contributed by atoms with Crippen LogP contribution in [0.2, 0.25) is 0 Å². The number of rotatable bonds is 3. The van der Waals surface area contributed by atoms with Gasteiger partial charge in [0.2, 0.25) is 0 Å². The third kappa shape index (κ3) is 3.24. The number of carbonyl (C=O) groups is 1. The highest BCUT2D eigenvalue weighted by atomic mass is 19.3. The summed E-state index contributed by atoms with van der Waals surface area (Å²) in [5.41, 5.74) is 1.90. The summed E-state index contributed by atoms with van der Waals surface area (Å²) < 4.78 is 30.3. The highest BCUT2D eigenvalue weighted by molar-refractivity contribution is 5.98. The number of hydrogen-bond acceptors (Lipinski definition) is 4. The van der Waals surface area contributed by atoms with Gasteiger partial charge in [-0.25, -0.2) is 18.3 Å². The molecule has 4 heterocycles. The van der Waals surface area contributed by atoms with Crippen molar-refractivity contribution in [2.24, 2.45) is 13.0 Å². The summed E-state index contributed by atoms with van der Waals surface area (Å²) in [6, 6.07) is 11.2. The van der Waals surface area contributed by atoms with Gasteiger partial charge in [0.1, 0.15) is 17.7 Å². The van der Waals surface area contributed by atoms with Crippen molar-refractivity contribution >= 4 is 22.6 Å². The minimum absolute atomic E-state index is 0.0615. The molecule has 5 rings (SSSR count). The van der Waals surface area contributed by atoms with E-state index in [0.29, 0.717) is 24.5 Å². The van der Waals surface area contributed by atoms with Gasteiger partial charge in [-0.15, -0.1) is 0 Å². The van der Waals surface area contributed by atoms with Crippen molar-refractivity contribution in [3.8, 4) is 0 Å². The molecule has 1 amide bonds. The van der Waals surface area contributed by atoms with Crippen LogP contribution in [0.3, 0.4) is 0 Å². The fourth-order valence-corrected chi connectivity index (χ4v) is 4.53. The van der Waals surface area contributed by atoms with Crippen LogP contribution in [0.25, 0.3) is 16.7 Å². The van der Waals surface area contributed by atoms with E-state index in [1.807, 2.05) is 46.8 Å². The summed E-state index contributed by atoms with van der Waals surface area (Å²) in [5, 5.41) is 5.20. The summed E-state index contributed by atoms with van der Waals surface area (Å²) in [6.45, 7) is 3.11. The van der Waals surface area contributed by atoms with Crippen molar-refractivity contribution in [1.29, 1.82) is 0 Å². The minimum Gasteiger partial charge on any atom is -0.340 e. The Bertz CT molecular complexity index is 1280. The molecule has 0 N–H and O–H groups in total. The van der Waals surface area contributed by atoms with Gasteiger partial charge in [-0.05, 0) is 30.5 Å². The fraction of sp³-hybridized carbons (Fsp3) is 0.364. The Hall–Kier alpha value is -3.36. The predicted octanol–water partition coefficient (Wildman–Crippen LogP) is 3.82. The van der Waals surface area contributed by atoms with Crippen molar-refractivity contribution in [2.75, 3.05) is 13.1 Å². The zero-order chi connectivity index (χ0) is 21.7. The molecule has 0 radical (unpaired) electrons. The summed E-state index contributed by atoms with van der Waals surface area (Å²) in [7, 11) is 1.89. The van der Waals surface area contributed by atoms with E-state index in [4.69, 9.17) is 0 Å². The number of amides is 1. The number of aromatic nitrogens is 5. The lowest BCUT2D eigenvalue weighted by atomic mass is 9.84. The second-order valence-corrected chi connectivity index (χ2v) is 8.15. The van der Waals surface area contributed by atoms with Gasteiger partial charge < -0.3 is 9.47 Å². The lowest BCUT2D eigenvalue weighted by molar-refractivity contribution is 0.0656. The first-order valence-corrected chi connectivity index (χ1v) is 10.3. The standard InChI is InChI=1S/C22H22F2N6O/c1-13-7-8-29(21(31)19-9-14-5-3-4-6-17(14)28(19)2)11-15(13)18-10-16(20(23)24)27-22-25-12-26-30(18)22/h3-6,9-10,12-13,15,20H,7-8,11H2,1-2H3/t13-,15-/m1/s1. The maximum absolute atomic E-state index is 13.4. The first kappa shape index (κ1) is 19.6. The lowest BCUT2D eigenvalue weighted by Crippen LogP contribution is -2.43. The topological polar surface area (TPSA) is 68.3 Å². The normalized spacial score (nSPS) is 19.6. The second kappa shape index (κ2) is 7.40. The molecule has 0 saturated carbocycles. The molecule has 160 valence electrons. The van der Waals surface area contributed by atoms with Gasteiger partial charge >= 0.3 is 0 Å². The van der Waals surface area contributed by atoms with Crippen LogP contribution in [-0.4, -0.2) is 48.0 Å². The van der Waals surface area contributed by atoms with E-state index < -0.39 is 6.43 Å². The van der Waals surface area contributed by atoms with E-state index in [-0.39, 0.29) is 29.2 Å². The molecule has 1 fully saturated rings. The molecule has 0 spiro atoms. The summed E-state index contributed by atoms with van der Waals surface area (Å²) in [6.07, 6.45) is -0.622. The van der Waals surface area contributed by atoms with Crippen molar-refractivity contribution < 1.29 is 13.6 Å². The van der Waals surface area contributed by atoms with Gasteiger partial charge in [0.05, 0.1) is 5.69 Å². The van der Waals surface area contributed by atoms with E-state index >= 15 is 0 Å². The maximum atomic E-state index is 13.4. The predicted molar refractivity (Wildman–Crippen MR) is 111 cm³/mol. The maximum Gasteiger partial charge on any atom is 0.280 e. The molecule has 1 aliphatic heterocycles. The first-order chi connectivity index (χ1) is 14.9. The van der Waals surface area contributed by atoms with Crippen LogP contribution in [-0.2, 0) is 7.05 Å². The summed E-state index contributed by atoms with van der Waals surface area (Å²) >= 11 is 0. The number of carbonyl (C=O) groups excluding carboxylic acids is 1. The lowest BCUT2D eigenvalue weighted by Gasteiger charge is -2.37. The van der Waals surface area contributed by atoms with Crippen LogP contribution in [0.4, 0.5) is 8.78 Å². The monoisotopic (exact) mass is 424 g/mol. The quantitative estimate of drug-likeness (QED) is 0.501. The van der Waals surface area contributed by atoms with Crippen LogP contribution in [0.5, 0.6) is 0 Å². The smallest absolute Gasteiger partial charge is 0.280 e. The molecule has 1 aromatic carbocycles. The zero-order valence-corrected chi connectivity index (χ0v) is 17.2. The highest BCUT2D eigenvalue weighted by Crippen LogP contribution is 2.34. The SMILES string of the molecule is C[C@@H]1CCN(C(=O)c2cc3ccccc3n2C)C[C@H]1c1cc(C(F)F)nc2ncnn12. The number of fused-ring (bicyclic) bond motifs is 2. The van der Waals surface area contributed by atoms with Crippen LogP contribution >= 0.6 is 0 Å². The Morgan fingerprint density at radius 2 is 2.03 bits per heavy atom. The largest absolute Gasteiger partial charge is 0.340 e. The number of hydrogen-bond donors (Lipinski definition) is 0. The number of para-hydroxylation sites is 1. The average Bonchev–Trinajstić information content (AvgIpc) is 3.38. The first-order valence-electron chi connectivity index (χ1n) is 10.3. The highest BCUT2D eigenvalue weighted by Gasteiger charge is 2.34. The van der Waals surface area contributed by atoms with Crippen LogP contribution in [0.15, 0.2) is 42.7 Å². The van der Waals surface area contributed by atoms with Crippen LogP contribution < -0.4 is 0 Å². The van der Waals surface area contributed by atoms with Gasteiger partial charge in [-0.3, -0.25) is 4.79 Å². The average molecular weight is 424 g/mol. The Balaban J connectivity index is 1.51. The molecular formula is C22H22F2N6O. The van der Waals surface area contributed by atoms with E-state index in [1.54, 1.807) is 0 Å². The number of halogens is 2. The molecule has 7 nitrogen and oxygen atoms in total. The van der Waals surface area contributed by atoms with Gasteiger partial charge in [0.15, 0.2) is 0 Å². The molecule has 31 heavy (non-hydrogen) atoms. The van der Waals surface area contributed by atoms with Gasteiger partial charge in [0.25, 0.3) is 18.1 Å². The summed E-state index contributed by atoms with van der Waals surface area (Å²) in [5.74, 6) is 0.125. The van der Waals surface area contributed by atoms with Crippen molar-refractivity contribution in [1.82, 2.24) is 29.0 Å². The number of benzene rings is 1. The number of nitrogens with zero attached hydrogens (tertiary/aromatic N) is 6. The molecular weight excluding hydrogens is 402 g/mol. The summed E-state index contributed by atoms with van der Waals surface area (Å²) in [4.78, 5) is 23.1. The Morgan fingerprint density at radius 3 is 2.81 bits per heavy atom. The molecule has 1 saturated heterocycles. The number of likely N-dealkylation sites (tertiary alicyclic amines) is 1. The van der Waals surface area contributed by atoms with E-state index in [1.165, 1.54) is 16.9 Å². The Kier molecular flexibility index (Phi) is 4.68. The molecule has 3 aromatic heterocycles. The molecule has 4 aromatic rings. The second-order valence-electron chi connectivity index (χ2n) is 8.15. The Morgan fingerprint density at radius 1 is 1.23 bits per heavy atom. The molecule has 9 heteroatoms. The molecule has 0 unspecified atom stereocenters. The minimum atomic E-state index is -2.70. The van der Waals surface area contributed by atoms with E-state index in [9.17, 15) is 13.6 Å². The van der Waals surface area contributed by atoms with Gasteiger partial charge in [-0.1, -0.05) is 25.1 Å². The third-order valence-corrected chi connectivity index (χ3v) is 6.32. The van der Waals surface area contributed by atoms with Crippen molar-refractivity contribution in [2.45, 2.75) is 25.7 Å². The van der Waals surface area contributed by atoms with Gasteiger partial charge in [-0.2, -0.15) is 10.1 Å². The number of piperidine rings is 1. The van der Waals surface area contributed by atoms with Crippen LogP contribution in [0, 0.1) is 5.92 Å². The molecule has 1 aliphatic rings. The number of alkyl halides is 2. The van der Waals surface area contributed by atoms with Crippen LogP contribution in [0.1, 0.15) is 47.6 Å². The zero-order valence-electron chi connectivity index (χ0n) is 17.2. The van der Waals surface area contributed by atoms with Gasteiger partial charge in [0, 0.05) is 37.0 Å². The molecule has 0 aliphatic carbocycles. The number of aryl methyl sites for hydroxylation is 1. The molecule has 0 bridgehead atoms. The fourth-order valence-electron chi connectivity index (χ4n) is 4.53.